The molecule has 1 aliphatic heterocycles. The lowest BCUT2D eigenvalue weighted by Crippen LogP contribution is -2.36. The highest BCUT2D eigenvalue weighted by Crippen LogP contribution is 2.27. The number of furan rings is 1. The van der Waals surface area contributed by atoms with Gasteiger partial charge in [-0.15, -0.1) is 0 Å². The average molecular weight is 461 g/mol. The number of hydrogen-bond donors (Lipinski definition) is 0. The van der Waals surface area contributed by atoms with Crippen molar-refractivity contribution in [2.24, 2.45) is 5.92 Å². The van der Waals surface area contributed by atoms with E-state index in [9.17, 15) is 9.59 Å². The van der Waals surface area contributed by atoms with E-state index >= 15 is 0 Å². The number of aryl methyl sites for hydroxylation is 1. The van der Waals surface area contributed by atoms with E-state index in [1.54, 1.807) is 0 Å². The number of rotatable bonds is 3. The SMILES string of the molecule is Cc1cc2cc(C(=O)N3CCCCCCCN(C(=O)CC(C)C)c4ccccc4C3)ccc2o1. The molecule has 180 valence electrons. The Morgan fingerprint density at radius 3 is 2.47 bits per heavy atom. The van der Waals surface area contributed by atoms with Crippen LogP contribution in [0.4, 0.5) is 5.69 Å². The Morgan fingerprint density at radius 1 is 0.941 bits per heavy atom. The minimum atomic E-state index is 0.0210. The third kappa shape index (κ3) is 5.69. The number of hydrogen-bond acceptors (Lipinski definition) is 3. The van der Waals surface area contributed by atoms with Crippen LogP contribution in [0.25, 0.3) is 11.0 Å². The van der Waals surface area contributed by atoms with E-state index < -0.39 is 0 Å². The van der Waals surface area contributed by atoms with Gasteiger partial charge in [-0.2, -0.15) is 0 Å². The predicted octanol–water partition coefficient (Wildman–Crippen LogP) is 6.73. The van der Waals surface area contributed by atoms with Crippen molar-refractivity contribution >= 4 is 28.5 Å². The summed E-state index contributed by atoms with van der Waals surface area (Å²) in [6, 6.07) is 15.7. The number of amides is 2. The van der Waals surface area contributed by atoms with Gasteiger partial charge in [0, 0.05) is 42.7 Å². The highest BCUT2D eigenvalue weighted by atomic mass is 16.3. The first kappa shape index (κ1) is 24.1. The molecule has 0 unspecified atom stereocenters. The first-order chi connectivity index (χ1) is 16.4. The predicted molar refractivity (Wildman–Crippen MR) is 137 cm³/mol. The summed E-state index contributed by atoms with van der Waals surface area (Å²) in [6.45, 7) is 8.00. The summed E-state index contributed by atoms with van der Waals surface area (Å²) in [4.78, 5) is 30.7. The van der Waals surface area contributed by atoms with Gasteiger partial charge in [0.05, 0.1) is 0 Å². The fourth-order valence-electron chi connectivity index (χ4n) is 4.80. The molecule has 0 saturated carbocycles. The Kier molecular flexibility index (Phi) is 7.71. The van der Waals surface area contributed by atoms with Gasteiger partial charge in [-0.1, -0.05) is 51.3 Å². The first-order valence-electron chi connectivity index (χ1n) is 12.6. The van der Waals surface area contributed by atoms with Crippen LogP contribution in [0.15, 0.2) is 52.9 Å². The monoisotopic (exact) mass is 460 g/mol. The maximum absolute atomic E-state index is 13.7. The molecule has 5 nitrogen and oxygen atoms in total. The highest BCUT2D eigenvalue weighted by molar-refractivity contribution is 5.98. The summed E-state index contributed by atoms with van der Waals surface area (Å²) in [5.41, 5.74) is 3.43. The number of nitrogens with zero attached hydrogens (tertiary/aromatic N) is 2. The maximum atomic E-state index is 13.7. The summed E-state index contributed by atoms with van der Waals surface area (Å²) in [5, 5.41) is 0.948. The summed E-state index contributed by atoms with van der Waals surface area (Å²) in [5.74, 6) is 1.33. The Balaban J connectivity index is 1.66. The van der Waals surface area contributed by atoms with Crippen molar-refractivity contribution in [3.05, 3.63) is 65.4 Å². The number of carbonyl (C=O) groups excluding carboxylic acids is 2. The van der Waals surface area contributed by atoms with Crippen LogP contribution >= 0.6 is 0 Å². The van der Waals surface area contributed by atoms with Gasteiger partial charge in [0.25, 0.3) is 5.91 Å². The fourth-order valence-corrected chi connectivity index (χ4v) is 4.80. The van der Waals surface area contributed by atoms with Crippen LogP contribution in [-0.4, -0.2) is 29.8 Å². The van der Waals surface area contributed by atoms with Crippen LogP contribution in [0, 0.1) is 12.8 Å². The normalized spacial score (nSPS) is 15.6. The lowest BCUT2D eigenvalue weighted by atomic mass is 10.0. The smallest absolute Gasteiger partial charge is 0.254 e. The molecule has 0 spiro atoms. The molecule has 0 fully saturated rings. The molecule has 2 aromatic carbocycles. The Labute approximate surface area is 202 Å². The van der Waals surface area contributed by atoms with Crippen molar-refractivity contribution in [2.45, 2.75) is 65.8 Å². The molecule has 0 saturated heterocycles. The van der Waals surface area contributed by atoms with Gasteiger partial charge in [-0.3, -0.25) is 9.59 Å². The molecule has 0 aliphatic carbocycles. The number of carbonyl (C=O) groups is 2. The number of fused-ring (bicyclic) bond motifs is 2. The van der Waals surface area contributed by atoms with Crippen LogP contribution < -0.4 is 4.90 Å². The molecule has 3 aromatic rings. The zero-order chi connectivity index (χ0) is 24.1. The van der Waals surface area contributed by atoms with Gasteiger partial charge in [-0.25, -0.2) is 0 Å². The zero-order valence-corrected chi connectivity index (χ0v) is 20.7. The second-order valence-electron chi connectivity index (χ2n) is 9.88. The van der Waals surface area contributed by atoms with E-state index in [0.717, 1.165) is 66.6 Å². The maximum Gasteiger partial charge on any atom is 0.254 e. The summed E-state index contributed by atoms with van der Waals surface area (Å²) in [7, 11) is 0. The summed E-state index contributed by atoms with van der Waals surface area (Å²) < 4.78 is 5.69. The molecule has 2 heterocycles. The standard InChI is InChI=1S/C29H36N2O3/c1-21(2)17-28(32)31-16-10-6-4-5-9-15-30(20-24-11-7-8-12-26(24)31)29(33)23-13-14-27-25(19-23)18-22(3)34-27/h7-8,11-14,18-19,21H,4-6,9-10,15-17,20H2,1-3H3. The second-order valence-corrected chi connectivity index (χ2v) is 9.88. The second kappa shape index (κ2) is 10.9. The van der Waals surface area contributed by atoms with E-state index in [-0.39, 0.29) is 11.8 Å². The lowest BCUT2D eigenvalue weighted by Gasteiger charge is -2.30. The molecule has 1 aromatic heterocycles. The van der Waals surface area contributed by atoms with Gasteiger partial charge in [0.15, 0.2) is 0 Å². The van der Waals surface area contributed by atoms with Crippen LogP contribution in [0.3, 0.4) is 0 Å². The fraction of sp³-hybridized carbons (Fsp3) is 0.448. The van der Waals surface area contributed by atoms with Crippen molar-refractivity contribution in [1.29, 1.82) is 0 Å². The van der Waals surface area contributed by atoms with E-state index in [1.807, 2.05) is 59.2 Å². The average Bonchev–Trinajstić information content (AvgIpc) is 3.17. The molecular formula is C29H36N2O3. The van der Waals surface area contributed by atoms with Crippen molar-refractivity contribution in [2.75, 3.05) is 18.0 Å². The third-order valence-electron chi connectivity index (χ3n) is 6.51. The van der Waals surface area contributed by atoms with E-state index in [2.05, 4.69) is 19.9 Å². The molecule has 0 atom stereocenters. The topological polar surface area (TPSA) is 53.8 Å². The largest absolute Gasteiger partial charge is 0.461 e. The number of anilines is 1. The van der Waals surface area contributed by atoms with E-state index in [4.69, 9.17) is 4.42 Å². The minimum absolute atomic E-state index is 0.0210. The molecule has 2 amide bonds. The molecule has 0 radical (unpaired) electrons. The van der Waals surface area contributed by atoms with Crippen LogP contribution in [0.5, 0.6) is 0 Å². The molecule has 4 rings (SSSR count). The van der Waals surface area contributed by atoms with Crippen LogP contribution in [0.2, 0.25) is 0 Å². The molecule has 0 N–H and O–H groups in total. The van der Waals surface area contributed by atoms with Crippen molar-refractivity contribution in [3.8, 4) is 0 Å². The summed E-state index contributed by atoms with van der Waals surface area (Å²) >= 11 is 0. The Hall–Kier alpha value is -3.08. The van der Waals surface area contributed by atoms with Crippen LogP contribution in [0.1, 0.15) is 74.1 Å². The van der Waals surface area contributed by atoms with Gasteiger partial charge >= 0.3 is 0 Å². The Bertz CT molecular complexity index is 1150. The molecule has 0 bridgehead atoms. The molecule has 5 heteroatoms. The van der Waals surface area contributed by atoms with Gasteiger partial charge < -0.3 is 14.2 Å². The quantitative estimate of drug-likeness (QED) is 0.436. The van der Waals surface area contributed by atoms with Crippen molar-refractivity contribution in [1.82, 2.24) is 4.90 Å². The van der Waals surface area contributed by atoms with Crippen LogP contribution in [-0.2, 0) is 11.3 Å². The molecule has 34 heavy (non-hydrogen) atoms. The van der Waals surface area contributed by atoms with Crippen molar-refractivity contribution in [3.63, 3.8) is 0 Å². The van der Waals surface area contributed by atoms with Gasteiger partial charge in [0.2, 0.25) is 5.91 Å². The number of benzene rings is 2. The van der Waals surface area contributed by atoms with Gasteiger partial charge in [-0.05, 0) is 61.6 Å². The van der Waals surface area contributed by atoms with E-state index in [1.165, 1.54) is 0 Å². The lowest BCUT2D eigenvalue weighted by molar-refractivity contribution is -0.119. The number of para-hydroxylation sites is 1. The Morgan fingerprint density at radius 2 is 1.68 bits per heavy atom. The highest BCUT2D eigenvalue weighted by Gasteiger charge is 2.23. The minimum Gasteiger partial charge on any atom is -0.461 e. The first-order valence-corrected chi connectivity index (χ1v) is 12.6. The zero-order valence-electron chi connectivity index (χ0n) is 20.7. The summed E-state index contributed by atoms with van der Waals surface area (Å²) in [6.07, 6.45) is 5.82. The molecule has 1 aliphatic rings. The van der Waals surface area contributed by atoms with E-state index in [0.29, 0.717) is 31.0 Å². The van der Waals surface area contributed by atoms with Crippen molar-refractivity contribution < 1.29 is 14.0 Å². The van der Waals surface area contributed by atoms with Gasteiger partial charge in [0.1, 0.15) is 11.3 Å². The molecular weight excluding hydrogens is 424 g/mol. The third-order valence-corrected chi connectivity index (χ3v) is 6.51.